The molecule has 1 atom stereocenters. The van der Waals surface area contributed by atoms with Crippen molar-refractivity contribution in [3.8, 4) is 10.4 Å². The highest BCUT2D eigenvalue weighted by Gasteiger charge is 2.47. The molecule has 1 saturated heterocycles. The summed E-state index contributed by atoms with van der Waals surface area (Å²) < 4.78 is 71.5. The number of anilines is 1. The Bertz CT molecular complexity index is 1320. The van der Waals surface area contributed by atoms with Gasteiger partial charge in [0.15, 0.2) is 5.01 Å². The van der Waals surface area contributed by atoms with Crippen LogP contribution in [0.5, 0.6) is 0 Å². The van der Waals surface area contributed by atoms with Gasteiger partial charge in [0.1, 0.15) is 11.5 Å². The smallest absolute Gasteiger partial charge is 0.389 e. The number of hydrogen-bond acceptors (Lipinski definition) is 7. The van der Waals surface area contributed by atoms with Gasteiger partial charge in [-0.05, 0) is 64.4 Å². The Kier molecular flexibility index (Phi) is 7.54. The number of hydrogen-bond donors (Lipinski definition) is 3. The third-order valence-electron chi connectivity index (χ3n) is 7.52. The topological polar surface area (TPSA) is 107 Å². The van der Waals surface area contributed by atoms with Crippen LogP contribution in [0.3, 0.4) is 0 Å². The van der Waals surface area contributed by atoms with Gasteiger partial charge in [-0.15, -0.1) is 11.3 Å². The van der Waals surface area contributed by atoms with E-state index >= 15 is 0 Å². The molecule has 2 amide bonds. The van der Waals surface area contributed by atoms with E-state index in [-0.39, 0.29) is 28.3 Å². The van der Waals surface area contributed by atoms with E-state index in [0.717, 1.165) is 42.8 Å². The Labute approximate surface area is 237 Å². The van der Waals surface area contributed by atoms with E-state index in [1.165, 1.54) is 20.8 Å². The fourth-order valence-electron chi connectivity index (χ4n) is 5.19. The quantitative estimate of drug-likeness (QED) is 0.342. The largest absolute Gasteiger partial charge is 0.417 e. The Morgan fingerprint density at radius 1 is 1.20 bits per heavy atom. The zero-order valence-corrected chi connectivity index (χ0v) is 23.6. The minimum atomic E-state index is -4.86. The Balaban J connectivity index is 1.55. The number of thiazole rings is 1. The predicted octanol–water partition coefficient (Wildman–Crippen LogP) is 5.19. The van der Waals surface area contributed by atoms with E-state index in [2.05, 4.69) is 20.6 Å². The van der Waals surface area contributed by atoms with E-state index in [4.69, 9.17) is 0 Å². The molecule has 0 unspecified atom stereocenters. The molecule has 2 aromatic heterocycles. The van der Waals surface area contributed by atoms with E-state index in [1.807, 2.05) is 0 Å². The molecule has 0 aromatic carbocycles. The molecule has 0 bridgehead atoms. The van der Waals surface area contributed by atoms with Crippen molar-refractivity contribution in [2.75, 3.05) is 18.4 Å². The summed E-state index contributed by atoms with van der Waals surface area (Å²) in [5.41, 5.74) is -3.38. The third-order valence-corrected chi connectivity index (χ3v) is 8.61. The number of aliphatic hydroxyl groups is 1. The van der Waals surface area contributed by atoms with Crippen molar-refractivity contribution in [2.45, 2.75) is 82.7 Å². The van der Waals surface area contributed by atoms with Crippen molar-refractivity contribution in [2.24, 2.45) is 11.8 Å². The van der Waals surface area contributed by atoms with E-state index in [0.29, 0.717) is 23.2 Å². The first-order chi connectivity index (χ1) is 19.0. The predicted molar refractivity (Wildman–Crippen MR) is 142 cm³/mol. The molecule has 3 fully saturated rings. The molecule has 2 aromatic rings. The number of aromatic nitrogens is 2. The van der Waals surface area contributed by atoms with Gasteiger partial charge in [0.2, 0.25) is 0 Å². The van der Waals surface area contributed by atoms with Crippen LogP contribution in [0.1, 0.15) is 78.7 Å². The number of likely N-dealkylation sites (tertiary alicyclic amines) is 1. The summed E-state index contributed by atoms with van der Waals surface area (Å²) in [5, 5.41) is 15.2. The van der Waals surface area contributed by atoms with Crippen LogP contribution in [-0.2, 0) is 6.18 Å². The molecule has 3 heterocycles. The number of carbonyl (C=O) groups is 2. The lowest BCUT2D eigenvalue weighted by atomic mass is 10.0. The number of nitrogens with zero attached hydrogens (tertiary/aromatic N) is 3. The molecule has 3 aliphatic rings. The van der Waals surface area contributed by atoms with Crippen molar-refractivity contribution in [3.05, 3.63) is 28.5 Å². The van der Waals surface area contributed by atoms with Crippen LogP contribution in [-0.4, -0.2) is 68.5 Å². The lowest BCUT2D eigenvalue weighted by molar-refractivity contribution is -0.137. The number of alkyl halides is 5. The first kappa shape index (κ1) is 29.6. The number of halogens is 5. The van der Waals surface area contributed by atoms with Crippen molar-refractivity contribution in [3.63, 3.8) is 0 Å². The van der Waals surface area contributed by atoms with Gasteiger partial charge >= 0.3 is 6.18 Å². The van der Waals surface area contributed by atoms with Gasteiger partial charge in [-0.1, -0.05) is 0 Å². The Morgan fingerprint density at radius 3 is 2.34 bits per heavy atom. The number of nitrogens with one attached hydrogen (secondary N) is 2. The van der Waals surface area contributed by atoms with Crippen molar-refractivity contribution >= 4 is 29.0 Å². The first-order valence-electron chi connectivity index (χ1n) is 13.6. The zero-order chi connectivity index (χ0) is 29.9. The highest BCUT2D eigenvalue weighted by atomic mass is 32.1. The van der Waals surface area contributed by atoms with Gasteiger partial charge in [0, 0.05) is 36.8 Å². The summed E-state index contributed by atoms with van der Waals surface area (Å²) in [6.45, 7) is 3.19. The molecule has 41 heavy (non-hydrogen) atoms. The standard InChI is InChI=1S/C27H32F5N5O3S/c1-13-9-26(28,29)12-37(13)24(39)20-21(41-23(36-20)22(38)34-11-25(2,3)40)16-10-33-18(8-17(16)27(30,31)32)35-19(14-4-5-14)15-6-7-15/h8,10,13-15,19,40H,4-7,9,11-12H2,1-3H3,(H,33,35)(H,34,38)/t13-/m0/s1. The monoisotopic (exact) mass is 601 g/mol. The summed E-state index contributed by atoms with van der Waals surface area (Å²) in [6, 6.07) is 0.0364. The van der Waals surface area contributed by atoms with Crippen LogP contribution in [0.2, 0.25) is 0 Å². The lowest BCUT2D eigenvalue weighted by Crippen LogP contribution is -2.38. The molecule has 8 nitrogen and oxygen atoms in total. The highest BCUT2D eigenvalue weighted by molar-refractivity contribution is 7.17. The fraction of sp³-hybridized carbons (Fsp3) is 0.630. The number of rotatable bonds is 9. The molecule has 0 spiro atoms. The summed E-state index contributed by atoms with van der Waals surface area (Å²) in [6.07, 6.45) is -0.421. The van der Waals surface area contributed by atoms with Crippen LogP contribution in [0.4, 0.5) is 27.8 Å². The Hall–Kier alpha value is -2.87. The maximum atomic E-state index is 14.4. The van der Waals surface area contributed by atoms with Crippen LogP contribution in [0, 0.1) is 11.8 Å². The minimum Gasteiger partial charge on any atom is -0.389 e. The maximum Gasteiger partial charge on any atom is 0.417 e. The van der Waals surface area contributed by atoms with Gasteiger partial charge in [-0.3, -0.25) is 9.59 Å². The molecule has 3 N–H and O–H groups in total. The Morgan fingerprint density at radius 2 is 1.83 bits per heavy atom. The fourth-order valence-corrected chi connectivity index (χ4v) is 6.19. The number of carbonyl (C=O) groups excluding carboxylic acids is 2. The molecule has 14 heteroatoms. The van der Waals surface area contributed by atoms with E-state index < -0.39 is 65.3 Å². The highest BCUT2D eigenvalue weighted by Crippen LogP contribution is 2.47. The van der Waals surface area contributed by atoms with Crippen LogP contribution < -0.4 is 10.6 Å². The molecule has 0 radical (unpaired) electrons. The summed E-state index contributed by atoms with van der Waals surface area (Å²) in [7, 11) is 0. The average molecular weight is 602 g/mol. The molecule has 5 rings (SSSR count). The van der Waals surface area contributed by atoms with Crippen LogP contribution >= 0.6 is 11.3 Å². The minimum absolute atomic E-state index is 0.0411. The third kappa shape index (κ3) is 6.79. The molecule has 1 aliphatic heterocycles. The van der Waals surface area contributed by atoms with Crippen molar-refractivity contribution in [1.29, 1.82) is 0 Å². The summed E-state index contributed by atoms with van der Waals surface area (Å²) in [4.78, 5) is 35.2. The second kappa shape index (κ2) is 10.4. The normalized spacial score (nSPS) is 20.9. The molecule has 224 valence electrons. The van der Waals surface area contributed by atoms with Crippen LogP contribution in [0.25, 0.3) is 10.4 Å². The molecule has 2 aliphatic carbocycles. The number of amides is 2. The second-order valence-corrected chi connectivity index (χ2v) is 13.0. The van der Waals surface area contributed by atoms with Crippen molar-refractivity contribution in [1.82, 2.24) is 20.2 Å². The van der Waals surface area contributed by atoms with Gasteiger partial charge in [-0.2, -0.15) is 13.2 Å². The maximum absolute atomic E-state index is 14.4. The molecular weight excluding hydrogens is 569 g/mol. The van der Waals surface area contributed by atoms with Gasteiger partial charge in [-0.25, -0.2) is 18.7 Å². The lowest BCUT2D eigenvalue weighted by Gasteiger charge is -2.22. The van der Waals surface area contributed by atoms with E-state index in [9.17, 15) is 36.6 Å². The zero-order valence-electron chi connectivity index (χ0n) is 22.8. The summed E-state index contributed by atoms with van der Waals surface area (Å²) >= 11 is 0.539. The van der Waals surface area contributed by atoms with E-state index in [1.54, 1.807) is 0 Å². The van der Waals surface area contributed by atoms with Gasteiger partial charge in [0.25, 0.3) is 17.7 Å². The van der Waals surface area contributed by atoms with Gasteiger partial charge in [0.05, 0.1) is 22.6 Å². The average Bonchev–Trinajstić information content (AvgIpc) is 3.80. The van der Waals surface area contributed by atoms with Crippen LogP contribution in [0.15, 0.2) is 12.3 Å². The molecular formula is C27H32F5N5O3S. The molecule has 2 saturated carbocycles. The SMILES string of the molecule is C[C@H]1CC(F)(F)CN1C(=O)c1nc(C(=O)NCC(C)(C)O)sc1-c1cnc(NC(C2CC2)C2CC2)cc1C(F)(F)F. The second-order valence-electron chi connectivity index (χ2n) is 12.0. The van der Waals surface area contributed by atoms with Gasteiger partial charge < -0.3 is 20.6 Å². The number of pyridine rings is 1. The van der Waals surface area contributed by atoms with Crippen molar-refractivity contribution < 1.29 is 36.6 Å². The summed E-state index contributed by atoms with van der Waals surface area (Å²) in [5.74, 6) is -4.14. The first-order valence-corrected chi connectivity index (χ1v) is 14.4.